The summed E-state index contributed by atoms with van der Waals surface area (Å²) in [5.41, 5.74) is 0. The number of rotatable bonds is 3. The van der Waals surface area contributed by atoms with Crippen LogP contribution in [-0.4, -0.2) is 17.1 Å². The van der Waals surface area contributed by atoms with Crippen LogP contribution in [0.2, 0.25) is 0 Å². The lowest BCUT2D eigenvalue weighted by atomic mass is 10.5. The standard InChI is InChI=1S/C11H10N2OS/c1-14-10-6-5-9(8-13-10)15-11-4-2-3-7-12-11/h2-8H,1H3. The maximum absolute atomic E-state index is 4.98. The molecule has 0 aliphatic rings. The molecule has 0 aliphatic heterocycles. The van der Waals surface area contributed by atoms with Crippen molar-refractivity contribution in [3.63, 3.8) is 0 Å². The Morgan fingerprint density at radius 2 is 2.07 bits per heavy atom. The van der Waals surface area contributed by atoms with Gasteiger partial charge in [-0.25, -0.2) is 9.97 Å². The van der Waals surface area contributed by atoms with Crippen LogP contribution in [0.3, 0.4) is 0 Å². The molecule has 2 aromatic rings. The van der Waals surface area contributed by atoms with Crippen LogP contribution in [-0.2, 0) is 0 Å². The Bertz CT molecular complexity index is 416. The molecule has 2 heterocycles. The van der Waals surface area contributed by atoms with Gasteiger partial charge in [-0.15, -0.1) is 0 Å². The second-order valence-corrected chi connectivity index (χ2v) is 3.90. The van der Waals surface area contributed by atoms with Crippen molar-refractivity contribution in [3.8, 4) is 5.88 Å². The normalized spacial score (nSPS) is 9.93. The van der Waals surface area contributed by atoms with E-state index in [1.807, 2.05) is 30.3 Å². The Morgan fingerprint density at radius 1 is 1.13 bits per heavy atom. The predicted molar refractivity (Wildman–Crippen MR) is 59.1 cm³/mol. The largest absolute Gasteiger partial charge is 0.481 e. The van der Waals surface area contributed by atoms with Gasteiger partial charge in [-0.1, -0.05) is 17.8 Å². The third-order valence-electron chi connectivity index (χ3n) is 1.78. The van der Waals surface area contributed by atoms with Crippen LogP contribution in [0.4, 0.5) is 0 Å². The van der Waals surface area contributed by atoms with Gasteiger partial charge >= 0.3 is 0 Å². The smallest absolute Gasteiger partial charge is 0.212 e. The zero-order valence-corrected chi connectivity index (χ0v) is 9.07. The zero-order valence-electron chi connectivity index (χ0n) is 8.25. The second-order valence-electron chi connectivity index (χ2n) is 2.81. The summed E-state index contributed by atoms with van der Waals surface area (Å²) in [4.78, 5) is 9.39. The highest BCUT2D eigenvalue weighted by atomic mass is 32.2. The molecule has 0 aromatic carbocycles. The molecule has 76 valence electrons. The maximum Gasteiger partial charge on any atom is 0.212 e. The van der Waals surface area contributed by atoms with Crippen molar-refractivity contribution >= 4 is 11.8 Å². The van der Waals surface area contributed by atoms with E-state index >= 15 is 0 Å². The van der Waals surface area contributed by atoms with Crippen LogP contribution in [0.5, 0.6) is 5.88 Å². The van der Waals surface area contributed by atoms with Crippen LogP contribution in [0.25, 0.3) is 0 Å². The van der Waals surface area contributed by atoms with Crippen LogP contribution in [0.1, 0.15) is 0 Å². The molecule has 15 heavy (non-hydrogen) atoms. The first-order valence-electron chi connectivity index (χ1n) is 4.47. The number of pyridine rings is 2. The molecule has 0 amide bonds. The van der Waals surface area contributed by atoms with Crippen LogP contribution >= 0.6 is 11.8 Å². The Kier molecular flexibility index (Phi) is 3.19. The van der Waals surface area contributed by atoms with Gasteiger partial charge in [0, 0.05) is 23.4 Å². The number of nitrogens with zero attached hydrogens (tertiary/aromatic N) is 2. The molecule has 0 aliphatic carbocycles. The lowest BCUT2D eigenvalue weighted by Crippen LogP contribution is -1.86. The maximum atomic E-state index is 4.98. The molecule has 0 radical (unpaired) electrons. The van der Waals surface area contributed by atoms with Crippen LogP contribution < -0.4 is 4.74 Å². The third kappa shape index (κ3) is 2.70. The molecule has 0 fully saturated rings. The van der Waals surface area contributed by atoms with Gasteiger partial charge in [0.15, 0.2) is 0 Å². The molecule has 4 heteroatoms. The second kappa shape index (κ2) is 4.79. The predicted octanol–water partition coefficient (Wildman–Crippen LogP) is 2.64. The topological polar surface area (TPSA) is 35.0 Å². The molecule has 0 unspecified atom stereocenters. The molecule has 0 N–H and O–H groups in total. The van der Waals surface area contributed by atoms with Crippen molar-refractivity contribution in [2.45, 2.75) is 9.92 Å². The van der Waals surface area contributed by atoms with Crippen molar-refractivity contribution in [3.05, 3.63) is 42.7 Å². The van der Waals surface area contributed by atoms with Crippen LogP contribution in [0.15, 0.2) is 52.6 Å². The van der Waals surface area contributed by atoms with Crippen molar-refractivity contribution in [2.24, 2.45) is 0 Å². The summed E-state index contributed by atoms with van der Waals surface area (Å²) in [6.45, 7) is 0. The van der Waals surface area contributed by atoms with E-state index < -0.39 is 0 Å². The lowest BCUT2D eigenvalue weighted by Gasteiger charge is -2.01. The SMILES string of the molecule is COc1ccc(Sc2ccccn2)cn1. The van der Waals surface area contributed by atoms with Gasteiger partial charge in [0.2, 0.25) is 5.88 Å². The van der Waals surface area contributed by atoms with E-state index in [0.29, 0.717) is 5.88 Å². The fraction of sp³-hybridized carbons (Fsp3) is 0.0909. The van der Waals surface area contributed by atoms with Gasteiger partial charge in [-0.2, -0.15) is 0 Å². The van der Waals surface area contributed by atoms with Crippen molar-refractivity contribution in [1.82, 2.24) is 9.97 Å². The molecular weight excluding hydrogens is 208 g/mol. The fourth-order valence-electron chi connectivity index (χ4n) is 1.08. The summed E-state index contributed by atoms with van der Waals surface area (Å²) in [6, 6.07) is 9.63. The summed E-state index contributed by atoms with van der Waals surface area (Å²) >= 11 is 1.58. The number of hydrogen-bond donors (Lipinski definition) is 0. The van der Waals surface area contributed by atoms with Gasteiger partial charge in [-0.05, 0) is 18.2 Å². The first-order valence-corrected chi connectivity index (χ1v) is 5.29. The van der Waals surface area contributed by atoms with E-state index in [0.717, 1.165) is 9.92 Å². The monoisotopic (exact) mass is 218 g/mol. The van der Waals surface area contributed by atoms with Gasteiger partial charge < -0.3 is 4.74 Å². The number of aromatic nitrogens is 2. The summed E-state index contributed by atoms with van der Waals surface area (Å²) in [7, 11) is 1.61. The molecule has 2 rings (SSSR count). The van der Waals surface area contributed by atoms with Gasteiger partial charge in [0.25, 0.3) is 0 Å². The molecule has 0 saturated heterocycles. The first-order chi connectivity index (χ1) is 7.38. The van der Waals surface area contributed by atoms with Gasteiger partial charge in [0.1, 0.15) is 5.03 Å². The molecule has 2 aromatic heterocycles. The molecule has 0 spiro atoms. The highest BCUT2D eigenvalue weighted by Crippen LogP contribution is 2.25. The fourth-order valence-corrected chi connectivity index (χ4v) is 1.82. The van der Waals surface area contributed by atoms with Crippen molar-refractivity contribution < 1.29 is 4.74 Å². The summed E-state index contributed by atoms with van der Waals surface area (Å²) in [6.07, 6.45) is 3.55. The Morgan fingerprint density at radius 3 is 2.67 bits per heavy atom. The van der Waals surface area contributed by atoms with E-state index in [4.69, 9.17) is 4.74 Å². The minimum atomic E-state index is 0.625. The highest BCUT2D eigenvalue weighted by Gasteiger charge is 1.98. The minimum absolute atomic E-state index is 0.625. The highest BCUT2D eigenvalue weighted by molar-refractivity contribution is 7.99. The van der Waals surface area contributed by atoms with E-state index in [1.165, 1.54) is 0 Å². The van der Waals surface area contributed by atoms with Crippen LogP contribution in [0, 0.1) is 0 Å². The molecule has 0 saturated carbocycles. The van der Waals surface area contributed by atoms with E-state index in [1.54, 1.807) is 31.3 Å². The summed E-state index contributed by atoms with van der Waals surface area (Å²) < 4.78 is 4.98. The van der Waals surface area contributed by atoms with E-state index in [9.17, 15) is 0 Å². The Balaban J connectivity index is 2.11. The molecule has 0 atom stereocenters. The van der Waals surface area contributed by atoms with Gasteiger partial charge in [-0.3, -0.25) is 0 Å². The number of hydrogen-bond acceptors (Lipinski definition) is 4. The van der Waals surface area contributed by atoms with Gasteiger partial charge in [0.05, 0.1) is 7.11 Å². The molecule has 0 bridgehead atoms. The Hall–Kier alpha value is -1.55. The third-order valence-corrected chi connectivity index (χ3v) is 2.71. The first kappa shape index (κ1) is 9.98. The van der Waals surface area contributed by atoms with E-state index in [2.05, 4.69) is 9.97 Å². The zero-order chi connectivity index (χ0) is 10.5. The molecule has 3 nitrogen and oxygen atoms in total. The minimum Gasteiger partial charge on any atom is -0.481 e. The quantitative estimate of drug-likeness (QED) is 0.793. The summed E-state index contributed by atoms with van der Waals surface area (Å²) in [5.74, 6) is 0.625. The summed E-state index contributed by atoms with van der Waals surface area (Å²) in [5, 5.41) is 0.962. The van der Waals surface area contributed by atoms with E-state index in [-0.39, 0.29) is 0 Å². The lowest BCUT2D eigenvalue weighted by molar-refractivity contribution is 0.397. The van der Waals surface area contributed by atoms with Crippen molar-refractivity contribution in [1.29, 1.82) is 0 Å². The van der Waals surface area contributed by atoms with Crippen molar-refractivity contribution in [2.75, 3.05) is 7.11 Å². The molecular formula is C11H10N2OS. The number of methoxy groups -OCH3 is 1. The number of ether oxygens (including phenoxy) is 1. The Labute approximate surface area is 92.5 Å². The average molecular weight is 218 g/mol. The average Bonchev–Trinajstić information content (AvgIpc) is 2.31.